The number of nitrogens with zero attached hydrogens (tertiary/aromatic N) is 2. The van der Waals surface area contributed by atoms with Gasteiger partial charge in [-0.05, 0) is 41.5 Å². The Balaban J connectivity index is 1.77. The van der Waals surface area contributed by atoms with Crippen LogP contribution >= 0.6 is 11.8 Å². The molecule has 0 saturated carbocycles. The van der Waals surface area contributed by atoms with Gasteiger partial charge in [0.15, 0.2) is 5.17 Å². The Bertz CT molecular complexity index is 768. The lowest BCUT2D eigenvalue weighted by Crippen LogP contribution is -2.28. The van der Waals surface area contributed by atoms with Crippen molar-refractivity contribution in [3.05, 3.63) is 82.6 Å². The molecule has 0 amide bonds. The number of halogens is 1. The van der Waals surface area contributed by atoms with E-state index >= 15 is 0 Å². The SMILES string of the molecule is Fc1ccc(C(C2=CSC3=NCCCCN23)c2ccccc2)cc1. The van der Waals surface area contributed by atoms with Crippen LogP contribution in [0.5, 0.6) is 0 Å². The molecule has 1 atom stereocenters. The highest BCUT2D eigenvalue weighted by molar-refractivity contribution is 8.16. The van der Waals surface area contributed by atoms with Crippen LogP contribution < -0.4 is 0 Å². The van der Waals surface area contributed by atoms with Crippen molar-refractivity contribution in [2.24, 2.45) is 4.99 Å². The van der Waals surface area contributed by atoms with Crippen molar-refractivity contribution in [3.63, 3.8) is 0 Å². The third-order valence-corrected chi connectivity index (χ3v) is 5.42. The van der Waals surface area contributed by atoms with E-state index in [0.29, 0.717) is 0 Å². The summed E-state index contributed by atoms with van der Waals surface area (Å²) in [6, 6.07) is 17.3. The first-order valence-corrected chi connectivity index (χ1v) is 9.20. The van der Waals surface area contributed by atoms with Crippen molar-refractivity contribution in [3.8, 4) is 0 Å². The molecular weight excluding hydrogens is 319 g/mol. The van der Waals surface area contributed by atoms with Crippen LogP contribution in [0.2, 0.25) is 0 Å². The fourth-order valence-electron chi connectivity index (χ4n) is 3.31. The van der Waals surface area contributed by atoms with Crippen molar-refractivity contribution in [1.82, 2.24) is 4.90 Å². The zero-order valence-electron chi connectivity index (χ0n) is 13.4. The van der Waals surface area contributed by atoms with Crippen molar-refractivity contribution in [1.29, 1.82) is 0 Å². The summed E-state index contributed by atoms with van der Waals surface area (Å²) in [5.74, 6) is -0.0949. The van der Waals surface area contributed by atoms with Gasteiger partial charge in [-0.3, -0.25) is 4.99 Å². The van der Waals surface area contributed by atoms with E-state index < -0.39 is 0 Å². The van der Waals surface area contributed by atoms with E-state index in [2.05, 4.69) is 34.6 Å². The summed E-state index contributed by atoms with van der Waals surface area (Å²) < 4.78 is 13.4. The Hall–Kier alpha value is -2.07. The van der Waals surface area contributed by atoms with Gasteiger partial charge >= 0.3 is 0 Å². The zero-order chi connectivity index (χ0) is 16.4. The Labute approximate surface area is 146 Å². The number of amidine groups is 1. The summed E-state index contributed by atoms with van der Waals surface area (Å²) in [6.07, 6.45) is 2.29. The molecule has 0 radical (unpaired) electrons. The van der Waals surface area contributed by atoms with Crippen LogP contribution in [0.15, 0.2) is 70.7 Å². The first kappa shape index (κ1) is 15.5. The second kappa shape index (κ2) is 6.81. The van der Waals surface area contributed by atoms with E-state index in [1.165, 1.54) is 11.3 Å². The molecule has 2 aromatic carbocycles. The summed E-state index contributed by atoms with van der Waals surface area (Å²) in [5.41, 5.74) is 3.58. The van der Waals surface area contributed by atoms with Gasteiger partial charge in [-0.1, -0.05) is 54.2 Å². The van der Waals surface area contributed by atoms with E-state index in [9.17, 15) is 4.39 Å². The Morgan fingerprint density at radius 2 is 1.71 bits per heavy atom. The van der Waals surface area contributed by atoms with E-state index in [1.807, 2.05) is 18.2 Å². The number of hydrogen-bond acceptors (Lipinski definition) is 3. The molecule has 0 aromatic heterocycles. The normalized spacial score (nSPS) is 18.5. The topological polar surface area (TPSA) is 15.6 Å². The van der Waals surface area contributed by atoms with E-state index in [0.717, 1.165) is 36.7 Å². The van der Waals surface area contributed by atoms with Crippen LogP contribution in [0.25, 0.3) is 0 Å². The van der Waals surface area contributed by atoms with Crippen LogP contribution in [0.3, 0.4) is 0 Å². The monoisotopic (exact) mass is 338 g/mol. The highest BCUT2D eigenvalue weighted by Crippen LogP contribution is 2.41. The maximum atomic E-state index is 13.4. The molecule has 0 spiro atoms. The lowest BCUT2D eigenvalue weighted by Gasteiger charge is -2.28. The van der Waals surface area contributed by atoms with Gasteiger partial charge in [0.2, 0.25) is 0 Å². The third kappa shape index (κ3) is 2.98. The highest BCUT2D eigenvalue weighted by Gasteiger charge is 2.31. The minimum atomic E-state index is -0.197. The molecule has 0 bridgehead atoms. The summed E-state index contributed by atoms with van der Waals surface area (Å²) in [5, 5.41) is 3.32. The van der Waals surface area contributed by atoms with Crippen molar-refractivity contribution >= 4 is 16.9 Å². The minimum Gasteiger partial charge on any atom is -0.323 e. The molecule has 2 aromatic rings. The van der Waals surface area contributed by atoms with Crippen LogP contribution in [0.1, 0.15) is 29.9 Å². The molecule has 0 N–H and O–H groups in total. The molecule has 2 nitrogen and oxygen atoms in total. The van der Waals surface area contributed by atoms with Crippen molar-refractivity contribution in [2.45, 2.75) is 18.8 Å². The van der Waals surface area contributed by atoms with Gasteiger partial charge in [-0.2, -0.15) is 0 Å². The van der Waals surface area contributed by atoms with Crippen LogP contribution in [0.4, 0.5) is 4.39 Å². The minimum absolute atomic E-state index is 0.102. The molecule has 1 unspecified atom stereocenters. The van der Waals surface area contributed by atoms with E-state index in [1.54, 1.807) is 23.9 Å². The molecular formula is C20H19FN2S. The number of thioether (sulfide) groups is 1. The number of benzene rings is 2. The van der Waals surface area contributed by atoms with Crippen molar-refractivity contribution in [2.75, 3.05) is 13.1 Å². The van der Waals surface area contributed by atoms with Crippen LogP contribution in [-0.2, 0) is 0 Å². The Morgan fingerprint density at radius 1 is 0.958 bits per heavy atom. The van der Waals surface area contributed by atoms with Crippen LogP contribution in [0, 0.1) is 5.82 Å². The lowest BCUT2D eigenvalue weighted by atomic mass is 9.88. The van der Waals surface area contributed by atoms with Crippen LogP contribution in [-0.4, -0.2) is 23.2 Å². The first-order valence-electron chi connectivity index (χ1n) is 8.32. The maximum absolute atomic E-state index is 13.4. The molecule has 0 aliphatic carbocycles. The molecule has 2 aliphatic rings. The van der Waals surface area contributed by atoms with Gasteiger partial charge in [0.1, 0.15) is 5.82 Å². The summed E-state index contributed by atoms with van der Waals surface area (Å²) >= 11 is 1.71. The molecule has 2 aliphatic heterocycles. The molecule has 4 heteroatoms. The molecule has 122 valence electrons. The van der Waals surface area contributed by atoms with Crippen molar-refractivity contribution < 1.29 is 4.39 Å². The van der Waals surface area contributed by atoms with E-state index in [-0.39, 0.29) is 11.7 Å². The molecule has 0 fully saturated rings. The van der Waals surface area contributed by atoms with Gasteiger partial charge in [-0.15, -0.1) is 0 Å². The first-order chi connectivity index (χ1) is 11.8. The third-order valence-electron chi connectivity index (χ3n) is 4.50. The average Bonchev–Trinajstić information content (AvgIpc) is 2.86. The predicted octanol–water partition coefficient (Wildman–Crippen LogP) is 5.00. The zero-order valence-corrected chi connectivity index (χ0v) is 14.2. The van der Waals surface area contributed by atoms with E-state index in [4.69, 9.17) is 4.99 Å². The fraction of sp³-hybridized carbons (Fsp3) is 0.250. The second-order valence-electron chi connectivity index (χ2n) is 6.08. The number of fused-ring (bicyclic) bond motifs is 1. The number of aliphatic imine (C=N–C) groups is 1. The Kier molecular flexibility index (Phi) is 4.39. The van der Waals surface area contributed by atoms with Gasteiger partial charge in [0.25, 0.3) is 0 Å². The maximum Gasteiger partial charge on any atom is 0.167 e. The standard InChI is InChI=1S/C20H19FN2S/c21-17-10-8-16(9-11-17)19(15-6-2-1-3-7-15)18-14-24-20-22-12-4-5-13-23(18)20/h1-3,6-11,14,19H,4-5,12-13H2. The smallest absolute Gasteiger partial charge is 0.167 e. The summed E-state index contributed by atoms with van der Waals surface area (Å²) in [4.78, 5) is 7.06. The average molecular weight is 338 g/mol. The Morgan fingerprint density at radius 3 is 2.50 bits per heavy atom. The summed E-state index contributed by atoms with van der Waals surface area (Å²) in [6.45, 7) is 1.91. The van der Waals surface area contributed by atoms with Gasteiger partial charge in [-0.25, -0.2) is 4.39 Å². The van der Waals surface area contributed by atoms with Gasteiger partial charge in [0.05, 0.1) is 0 Å². The largest absolute Gasteiger partial charge is 0.323 e. The summed E-state index contributed by atoms with van der Waals surface area (Å²) in [7, 11) is 0. The van der Waals surface area contributed by atoms with Gasteiger partial charge < -0.3 is 4.90 Å². The predicted molar refractivity (Wildman–Crippen MR) is 98.6 cm³/mol. The molecule has 0 saturated heterocycles. The lowest BCUT2D eigenvalue weighted by molar-refractivity contribution is 0.488. The highest BCUT2D eigenvalue weighted by atomic mass is 32.2. The van der Waals surface area contributed by atoms with Gasteiger partial charge in [0, 0.05) is 24.7 Å². The number of allylic oxidation sites excluding steroid dienone is 1. The number of rotatable bonds is 3. The molecule has 2 heterocycles. The number of hydrogen-bond donors (Lipinski definition) is 0. The fourth-order valence-corrected chi connectivity index (χ4v) is 4.29. The molecule has 24 heavy (non-hydrogen) atoms. The second-order valence-corrected chi connectivity index (χ2v) is 6.92. The molecule has 4 rings (SSSR count). The quantitative estimate of drug-likeness (QED) is 0.783.